The lowest BCUT2D eigenvalue weighted by molar-refractivity contribution is 0.0662. The molecule has 0 saturated heterocycles. The fraction of sp³-hybridized carbons (Fsp3) is 0. The van der Waals surface area contributed by atoms with Gasteiger partial charge in [0.25, 0.3) is 0 Å². The third kappa shape index (κ3) is 2.05. The van der Waals surface area contributed by atoms with Gasteiger partial charge in [0.2, 0.25) is 5.76 Å². The van der Waals surface area contributed by atoms with Crippen LogP contribution in [-0.2, 0) is 0 Å². The molecule has 52 valence electrons. The Morgan fingerprint density at radius 2 is 2.20 bits per heavy atom. The van der Waals surface area contributed by atoms with Crippen LogP contribution in [0.5, 0.6) is 0 Å². The molecule has 1 rings (SSSR count). The number of hydrogen-bond donors (Lipinski definition) is 1. The van der Waals surface area contributed by atoms with Gasteiger partial charge in [-0.25, -0.2) is 4.79 Å². The molecule has 1 aromatic heterocycles. The molecule has 0 fully saturated rings. The van der Waals surface area contributed by atoms with Gasteiger partial charge in [-0.15, -0.1) is 12.8 Å². The molecule has 0 spiro atoms. The monoisotopic (exact) mass is 138 g/mol. The summed E-state index contributed by atoms with van der Waals surface area (Å²) >= 11 is 0. The minimum Gasteiger partial charge on any atom is -0.475 e. The standard InChI is InChI=1S/C5H4O3.C2H2/c6-5(7)4-2-1-3-8-4;1-2/h1-3H,(H,6,7);1-2H. The van der Waals surface area contributed by atoms with Crippen molar-refractivity contribution in [2.24, 2.45) is 0 Å². The first-order valence-electron chi connectivity index (χ1n) is 2.41. The lowest BCUT2D eigenvalue weighted by atomic mass is 10.5. The van der Waals surface area contributed by atoms with Crippen molar-refractivity contribution >= 4 is 5.97 Å². The highest BCUT2D eigenvalue weighted by molar-refractivity contribution is 5.84. The van der Waals surface area contributed by atoms with Gasteiger partial charge in [0, 0.05) is 0 Å². The molecule has 0 atom stereocenters. The Bertz CT molecular complexity index is 208. The molecule has 0 unspecified atom stereocenters. The average molecular weight is 138 g/mol. The molecule has 0 aromatic carbocycles. The predicted molar refractivity (Wildman–Crippen MR) is 35.6 cm³/mol. The van der Waals surface area contributed by atoms with E-state index in [4.69, 9.17) is 5.11 Å². The van der Waals surface area contributed by atoms with E-state index in [-0.39, 0.29) is 5.76 Å². The Balaban J connectivity index is 0.000000371. The van der Waals surface area contributed by atoms with Gasteiger partial charge in [-0.05, 0) is 12.1 Å². The molecule has 0 aliphatic carbocycles. The van der Waals surface area contributed by atoms with E-state index in [1.165, 1.54) is 18.4 Å². The van der Waals surface area contributed by atoms with E-state index in [1.807, 2.05) is 0 Å². The van der Waals surface area contributed by atoms with Crippen LogP contribution in [0.25, 0.3) is 0 Å². The molecule has 1 N–H and O–H groups in total. The molecule has 3 nitrogen and oxygen atoms in total. The van der Waals surface area contributed by atoms with Crippen LogP contribution in [0.3, 0.4) is 0 Å². The third-order valence-electron chi connectivity index (χ3n) is 0.732. The predicted octanol–water partition coefficient (Wildman–Crippen LogP) is 1.23. The number of carboxylic acids is 1. The number of aromatic carboxylic acids is 1. The molecule has 0 radical (unpaired) electrons. The average Bonchev–Trinajstić information content (AvgIpc) is 2.42. The van der Waals surface area contributed by atoms with Crippen LogP contribution < -0.4 is 0 Å². The first-order chi connectivity index (χ1) is 4.80. The highest BCUT2D eigenvalue weighted by atomic mass is 16.4. The fourth-order valence-corrected chi connectivity index (χ4v) is 0.400. The zero-order chi connectivity index (χ0) is 7.98. The van der Waals surface area contributed by atoms with E-state index in [2.05, 4.69) is 17.3 Å². The Morgan fingerprint density at radius 3 is 2.40 bits per heavy atom. The van der Waals surface area contributed by atoms with Crippen molar-refractivity contribution in [1.29, 1.82) is 0 Å². The second kappa shape index (κ2) is 4.21. The number of furan rings is 1. The molecule has 1 aromatic rings. The molecule has 1 heterocycles. The quantitative estimate of drug-likeness (QED) is 0.593. The maximum atomic E-state index is 9.97. The van der Waals surface area contributed by atoms with E-state index in [0.29, 0.717) is 0 Å². The Morgan fingerprint density at radius 1 is 1.60 bits per heavy atom. The fourth-order valence-electron chi connectivity index (χ4n) is 0.400. The van der Waals surface area contributed by atoms with Crippen molar-refractivity contribution in [2.45, 2.75) is 0 Å². The Labute approximate surface area is 58.3 Å². The van der Waals surface area contributed by atoms with Crippen LogP contribution in [-0.4, -0.2) is 11.1 Å². The molecule has 0 amide bonds. The molecule has 0 saturated carbocycles. The summed E-state index contributed by atoms with van der Waals surface area (Å²) in [5.41, 5.74) is 0. The SMILES string of the molecule is C#C.O=C(O)c1ccco1. The summed E-state index contributed by atoms with van der Waals surface area (Å²) < 4.78 is 4.50. The van der Waals surface area contributed by atoms with Crippen LogP contribution in [0, 0.1) is 12.8 Å². The molecule has 3 heteroatoms. The number of carbonyl (C=O) groups is 1. The molecule has 10 heavy (non-hydrogen) atoms. The summed E-state index contributed by atoms with van der Waals surface area (Å²) in [5, 5.41) is 8.18. The second-order valence-corrected chi connectivity index (χ2v) is 1.28. The number of rotatable bonds is 1. The van der Waals surface area contributed by atoms with Crippen LogP contribution in [0.1, 0.15) is 10.6 Å². The van der Waals surface area contributed by atoms with Crippen molar-refractivity contribution < 1.29 is 14.3 Å². The molecule has 0 aliphatic heterocycles. The number of carboxylic acid groups (broad SMARTS) is 1. The van der Waals surface area contributed by atoms with Gasteiger partial charge in [-0.2, -0.15) is 0 Å². The van der Waals surface area contributed by atoms with Gasteiger partial charge in [-0.1, -0.05) is 0 Å². The van der Waals surface area contributed by atoms with Gasteiger partial charge in [0.05, 0.1) is 6.26 Å². The Kier molecular flexibility index (Phi) is 3.50. The third-order valence-corrected chi connectivity index (χ3v) is 0.732. The van der Waals surface area contributed by atoms with Gasteiger partial charge in [-0.3, -0.25) is 0 Å². The Hall–Kier alpha value is -1.69. The van der Waals surface area contributed by atoms with Crippen LogP contribution in [0.4, 0.5) is 0 Å². The molecular formula is C7H6O3. The highest BCUT2D eigenvalue weighted by Gasteiger charge is 2.01. The highest BCUT2D eigenvalue weighted by Crippen LogP contribution is 1.97. The topological polar surface area (TPSA) is 50.4 Å². The summed E-state index contributed by atoms with van der Waals surface area (Å²) in [4.78, 5) is 9.97. The lowest BCUT2D eigenvalue weighted by Gasteiger charge is -1.79. The van der Waals surface area contributed by atoms with Crippen molar-refractivity contribution in [3.05, 3.63) is 24.2 Å². The second-order valence-electron chi connectivity index (χ2n) is 1.28. The van der Waals surface area contributed by atoms with E-state index in [1.54, 1.807) is 0 Å². The first kappa shape index (κ1) is 8.31. The van der Waals surface area contributed by atoms with Crippen LogP contribution in [0.15, 0.2) is 22.8 Å². The zero-order valence-electron chi connectivity index (χ0n) is 5.15. The van der Waals surface area contributed by atoms with Gasteiger partial charge in [0.1, 0.15) is 0 Å². The van der Waals surface area contributed by atoms with E-state index < -0.39 is 5.97 Å². The molecule has 0 aliphatic rings. The van der Waals surface area contributed by atoms with Crippen molar-refractivity contribution in [1.82, 2.24) is 0 Å². The van der Waals surface area contributed by atoms with Crippen LogP contribution >= 0.6 is 0 Å². The summed E-state index contributed by atoms with van der Waals surface area (Å²) in [6.45, 7) is 0. The summed E-state index contributed by atoms with van der Waals surface area (Å²) in [5.74, 6) is -1.06. The zero-order valence-corrected chi connectivity index (χ0v) is 5.15. The lowest BCUT2D eigenvalue weighted by Crippen LogP contribution is -1.90. The number of terminal acetylenes is 1. The summed E-state index contributed by atoms with van der Waals surface area (Å²) in [6, 6.07) is 2.92. The van der Waals surface area contributed by atoms with Crippen LogP contribution in [0.2, 0.25) is 0 Å². The smallest absolute Gasteiger partial charge is 0.371 e. The largest absolute Gasteiger partial charge is 0.475 e. The van der Waals surface area contributed by atoms with Crippen molar-refractivity contribution in [2.75, 3.05) is 0 Å². The van der Waals surface area contributed by atoms with Gasteiger partial charge in [0.15, 0.2) is 0 Å². The van der Waals surface area contributed by atoms with Crippen molar-refractivity contribution in [3.63, 3.8) is 0 Å². The first-order valence-corrected chi connectivity index (χ1v) is 2.41. The van der Waals surface area contributed by atoms with Gasteiger partial charge < -0.3 is 9.52 Å². The minimum absolute atomic E-state index is 0.0231. The van der Waals surface area contributed by atoms with E-state index in [0.717, 1.165) is 0 Å². The van der Waals surface area contributed by atoms with E-state index >= 15 is 0 Å². The summed E-state index contributed by atoms with van der Waals surface area (Å²) in [6.07, 6.45) is 9.32. The van der Waals surface area contributed by atoms with E-state index in [9.17, 15) is 4.79 Å². The van der Waals surface area contributed by atoms with Crippen molar-refractivity contribution in [3.8, 4) is 12.8 Å². The maximum Gasteiger partial charge on any atom is 0.371 e. The summed E-state index contributed by atoms with van der Waals surface area (Å²) in [7, 11) is 0. The minimum atomic E-state index is -1.03. The molecular weight excluding hydrogens is 132 g/mol. The number of hydrogen-bond acceptors (Lipinski definition) is 2. The normalized spacial score (nSPS) is 7.40. The van der Waals surface area contributed by atoms with Gasteiger partial charge >= 0.3 is 5.97 Å². The molecule has 0 bridgehead atoms. The maximum absolute atomic E-state index is 9.97.